The van der Waals surface area contributed by atoms with Crippen LogP contribution in [0.15, 0.2) is 18.2 Å². The zero-order valence-electron chi connectivity index (χ0n) is 6.85. The molecular formula is C9H8F2N2. The molecule has 0 spiro atoms. The number of rotatable bonds is 3. The standard InChI is InChI=1S/C9H8F2N2/c10-8-2-1-7(5-9(8)11)6-13-4-3-12/h1-2,5,13H,4,6H2. The van der Waals surface area contributed by atoms with Gasteiger partial charge >= 0.3 is 0 Å². The fraction of sp³-hybridized carbons (Fsp3) is 0.222. The van der Waals surface area contributed by atoms with Gasteiger partial charge in [0.1, 0.15) is 0 Å². The van der Waals surface area contributed by atoms with E-state index < -0.39 is 11.6 Å². The first-order chi connectivity index (χ1) is 6.24. The first-order valence-corrected chi connectivity index (χ1v) is 3.75. The molecule has 1 aromatic rings. The largest absolute Gasteiger partial charge is 0.300 e. The molecule has 0 aromatic heterocycles. The van der Waals surface area contributed by atoms with Crippen LogP contribution in [0.3, 0.4) is 0 Å². The van der Waals surface area contributed by atoms with E-state index in [0.29, 0.717) is 12.1 Å². The van der Waals surface area contributed by atoms with Crippen LogP contribution in [0.1, 0.15) is 5.56 Å². The van der Waals surface area contributed by atoms with E-state index in [2.05, 4.69) is 5.32 Å². The number of benzene rings is 1. The summed E-state index contributed by atoms with van der Waals surface area (Å²) in [7, 11) is 0. The minimum absolute atomic E-state index is 0.193. The molecule has 0 radical (unpaired) electrons. The average molecular weight is 182 g/mol. The van der Waals surface area contributed by atoms with Crippen LogP contribution in [-0.2, 0) is 6.54 Å². The van der Waals surface area contributed by atoms with Crippen molar-refractivity contribution in [2.45, 2.75) is 6.54 Å². The van der Waals surface area contributed by atoms with Crippen molar-refractivity contribution in [3.8, 4) is 6.07 Å². The van der Waals surface area contributed by atoms with Gasteiger partial charge in [-0.25, -0.2) is 8.78 Å². The Kier molecular flexibility index (Phi) is 3.35. The summed E-state index contributed by atoms with van der Waals surface area (Å²) < 4.78 is 25.1. The van der Waals surface area contributed by atoms with Gasteiger partial charge in [0, 0.05) is 6.54 Å². The van der Waals surface area contributed by atoms with E-state index in [4.69, 9.17) is 5.26 Å². The molecule has 0 heterocycles. The molecule has 4 heteroatoms. The van der Waals surface area contributed by atoms with Crippen LogP contribution < -0.4 is 5.32 Å². The fourth-order valence-corrected chi connectivity index (χ4v) is 0.912. The Morgan fingerprint density at radius 3 is 2.69 bits per heavy atom. The van der Waals surface area contributed by atoms with Crippen LogP contribution >= 0.6 is 0 Å². The van der Waals surface area contributed by atoms with Crippen molar-refractivity contribution in [2.75, 3.05) is 6.54 Å². The maximum Gasteiger partial charge on any atom is 0.159 e. The molecule has 1 rings (SSSR count). The third kappa shape index (κ3) is 2.80. The quantitative estimate of drug-likeness (QED) is 0.569. The Labute approximate surface area is 74.8 Å². The number of nitrogens with zero attached hydrogens (tertiary/aromatic N) is 1. The molecule has 13 heavy (non-hydrogen) atoms. The molecule has 0 unspecified atom stereocenters. The second-order valence-electron chi connectivity index (χ2n) is 2.51. The topological polar surface area (TPSA) is 35.8 Å². The summed E-state index contributed by atoms with van der Waals surface area (Å²) in [5.74, 6) is -1.72. The second kappa shape index (κ2) is 4.53. The van der Waals surface area contributed by atoms with Crippen LogP contribution in [0.5, 0.6) is 0 Å². The highest BCUT2D eigenvalue weighted by atomic mass is 19.2. The van der Waals surface area contributed by atoms with E-state index in [1.807, 2.05) is 6.07 Å². The van der Waals surface area contributed by atoms with Gasteiger partial charge in [-0.2, -0.15) is 5.26 Å². The van der Waals surface area contributed by atoms with E-state index in [-0.39, 0.29) is 6.54 Å². The van der Waals surface area contributed by atoms with Gasteiger partial charge in [-0.15, -0.1) is 0 Å². The molecule has 0 saturated heterocycles. The number of hydrogen-bond donors (Lipinski definition) is 1. The van der Waals surface area contributed by atoms with E-state index in [9.17, 15) is 8.78 Å². The first kappa shape index (κ1) is 9.62. The second-order valence-corrected chi connectivity index (χ2v) is 2.51. The molecule has 1 N–H and O–H groups in total. The van der Waals surface area contributed by atoms with Crippen LogP contribution in [0.25, 0.3) is 0 Å². The van der Waals surface area contributed by atoms with Gasteiger partial charge in [-0.05, 0) is 17.7 Å². The molecule has 1 aromatic carbocycles. The zero-order chi connectivity index (χ0) is 9.68. The highest BCUT2D eigenvalue weighted by Crippen LogP contribution is 2.07. The van der Waals surface area contributed by atoms with Crippen molar-refractivity contribution in [1.82, 2.24) is 5.32 Å². The molecule has 0 atom stereocenters. The Hall–Kier alpha value is -1.47. The normalized spacial score (nSPS) is 9.62. The van der Waals surface area contributed by atoms with Crippen molar-refractivity contribution in [3.63, 3.8) is 0 Å². The minimum Gasteiger partial charge on any atom is -0.300 e. The molecule has 0 aliphatic carbocycles. The molecule has 0 aliphatic rings. The van der Waals surface area contributed by atoms with Gasteiger partial charge in [-0.1, -0.05) is 6.07 Å². The lowest BCUT2D eigenvalue weighted by atomic mass is 10.2. The Morgan fingerprint density at radius 1 is 1.31 bits per heavy atom. The average Bonchev–Trinajstić information content (AvgIpc) is 2.12. The fourth-order valence-electron chi connectivity index (χ4n) is 0.912. The minimum atomic E-state index is -0.865. The van der Waals surface area contributed by atoms with Gasteiger partial charge in [0.05, 0.1) is 12.6 Å². The molecular weight excluding hydrogens is 174 g/mol. The van der Waals surface area contributed by atoms with Crippen LogP contribution in [0.2, 0.25) is 0 Å². The van der Waals surface area contributed by atoms with E-state index in [1.54, 1.807) is 0 Å². The first-order valence-electron chi connectivity index (χ1n) is 3.75. The van der Waals surface area contributed by atoms with Crippen LogP contribution in [-0.4, -0.2) is 6.54 Å². The summed E-state index contributed by atoms with van der Waals surface area (Å²) in [5, 5.41) is 10.9. The van der Waals surface area contributed by atoms with E-state index in [0.717, 1.165) is 12.1 Å². The van der Waals surface area contributed by atoms with Crippen molar-refractivity contribution >= 4 is 0 Å². The molecule has 0 amide bonds. The molecule has 2 nitrogen and oxygen atoms in total. The highest BCUT2D eigenvalue weighted by molar-refractivity contribution is 5.17. The smallest absolute Gasteiger partial charge is 0.159 e. The Bertz CT molecular complexity index is 331. The highest BCUT2D eigenvalue weighted by Gasteiger charge is 2.01. The monoisotopic (exact) mass is 182 g/mol. The third-order valence-corrected chi connectivity index (χ3v) is 1.52. The summed E-state index contributed by atoms with van der Waals surface area (Å²) in [6.07, 6.45) is 0. The van der Waals surface area contributed by atoms with E-state index >= 15 is 0 Å². The Morgan fingerprint density at radius 2 is 2.08 bits per heavy atom. The summed E-state index contributed by atoms with van der Waals surface area (Å²) in [4.78, 5) is 0. The molecule has 0 saturated carbocycles. The summed E-state index contributed by atoms with van der Waals surface area (Å²) in [6.45, 7) is 0.559. The number of nitriles is 1. The van der Waals surface area contributed by atoms with Crippen molar-refractivity contribution < 1.29 is 8.78 Å². The summed E-state index contributed by atoms with van der Waals surface area (Å²) >= 11 is 0. The molecule has 68 valence electrons. The van der Waals surface area contributed by atoms with Crippen LogP contribution in [0.4, 0.5) is 8.78 Å². The van der Waals surface area contributed by atoms with Crippen LogP contribution in [0, 0.1) is 23.0 Å². The summed E-state index contributed by atoms with van der Waals surface area (Å²) in [6, 6.07) is 5.54. The van der Waals surface area contributed by atoms with Gasteiger partial charge in [0.15, 0.2) is 11.6 Å². The SMILES string of the molecule is N#CCNCc1ccc(F)c(F)c1. The maximum absolute atomic E-state index is 12.6. The van der Waals surface area contributed by atoms with Gasteiger partial charge < -0.3 is 5.32 Å². The molecule has 0 fully saturated rings. The predicted octanol–water partition coefficient (Wildman–Crippen LogP) is 1.58. The maximum atomic E-state index is 12.6. The zero-order valence-corrected chi connectivity index (χ0v) is 6.85. The number of hydrogen-bond acceptors (Lipinski definition) is 2. The predicted molar refractivity (Wildman–Crippen MR) is 43.7 cm³/mol. The summed E-state index contributed by atoms with van der Waals surface area (Å²) in [5.41, 5.74) is 0.620. The lowest BCUT2D eigenvalue weighted by Crippen LogP contribution is -2.13. The van der Waals surface area contributed by atoms with Crippen molar-refractivity contribution in [2.24, 2.45) is 0 Å². The van der Waals surface area contributed by atoms with Crippen molar-refractivity contribution in [1.29, 1.82) is 5.26 Å². The van der Waals surface area contributed by atoms with E-state index in [1.165, 1.54) is 6.07 Å². The van der Waals surface area contributed by atoms with Gasteiger partial charge in [0.25, 0.3) is 0 Å². The van der Waals surface area contributed by atoms with Gasteiger partial charge in [0.2, 0.25) is 0 Å². The van der Waals surface area contributed by atoms with Crippen molar-refractivity contribution in [3.05, 3.63) is 35.4 Å². The number of nitrogens with one attached hydrogen (secondary N) is 1. The third-order valence-electron chi connectivity index (χ3n) is 1.52. The lowest BCUT2D eigenvalue weighted by molar-refractivity contribution is 0.506. The Balaban J connectivity index is 2.59. The molecule has 0 bridgehead atoms. The lowest BCUT2D eigenvalue weighted by Gasteiger charge is -2.00. The molecule has 0 aliphatic heterocycles. The van der Waals surface area contributed by atoms with Gasteiger partial charge in [-0.3, -0.25) is 0 Å². The number of halogens is 2.